The number of benzene rings is 1. The fourth-order valence-electron chi connectivity index (χ4n) is 1.11. The number of rotatable bonds is 6. The van der Waals surface area contributed by atoms with E-state index in [0.29, 0.717) is 26.1 Å². The van der Waals surface area contributed by atoms with Crippen molar-refractivity contribution in [3.8, 4) is 5.75 Å². The Bertz CT molecular complexity index is 333. The van der Waals surface area contributed by atoms with E-state index in [1.165, 1.54) is 0 Å². The molecule has 0 aliphatic rings. The van der Waals surface area contributed by atoms with Crippen LogP contribution >= 0.6 is 28.3 Å². The average molecular weight is 324 g/mol. The van der Waals surface area contributed by atoms with E-state index in [2.05, 4.69) is 21.2 Å². The molecule has 6 heteroatoms. The highest BCUT2D eigenvalue weighted by Crippen LogP contribution is 2.15. The van der Waals surface area contributed by atoms with Crippen LogP contribution in [0.15, 0.2) is 28.7 Å². The number of nitrogens with two attached hydrogens (primary N) is 1. The van der Waals surface area contributed by atoms with E-state index in [-0.39, 0.29) is 18.3 Å². The highest BCUT2D eigenvalue weighted by molar-refractivity contribution is 9.10. The van der Waals surface area contributed by atoms with Gasteiger partial charge in [-0.05, 0) is 24.3 Å². The summed E-state index contributed by atoms with van der Waals surface area (Å²) in [4.78, 5) is 11.0. The lowest BCUT2D eigenvalue weighted by Crippen LogP contribution is -2.29. The summed E-state index contributed by atoms with van der Waals surface area (Å²) >= 11 is 3.34. The van der Waals surface area contributed by atoms with Crippen LogP contribution in [0.3, 0.4) is 0 Å². The van der Waals surface area contributed by atoms with Gasteiger partial charge in [-0.3, -0.25) is 4.79 Å². The second-order valence-corrected chi connectivity index (χ2v) is 4.11. The third-order valence-electron chi connectivity index (χ3n) is 1.88. The van der Waals surface area contributed by atoms with Gasteiger partial charge in [-0.1, -0.05) is 15.9 Å². The Morgan fingerprint density at radius 2 is 2.00 bits per heavy atom. The van der Waals surface area contributed by atoms with Crippen LogP contribution in [0.1, 0.15) is 6.42 Å². The summed E-state index contributed by atoms with van der Waals surface area (Å²) in [6.45, 7) is 1.33. The minimum Gasteiger partial charge on any atom is -0.492 e. The molecule has 0 spiro atoms. The third kappa shape index (κ3) is 7.20. The number of carbonyl (C=O) groups excluding carboxylic acids is 1. The molecule has 0 saturated heterocycles. The van der Waals surface area contributed by atoms with Crippen molar-refractivity contribution in [2.75, 3.05) is 19.7 Å². The standard InChI is InChI=1S/C11H15BrN2O2.ClH/c12-9-1-3-10(4-2-9)16-8-7-14-11(15)5-6-13;/h1-4H,5-8,13H2,(H,14,15);1H. The molecule has 17 heavy (non-hydrogen) atoms. The van der Waals surface area contributed by atoms with Crippen molar-refractivity contribution in [2.24, 2.45) is 5.73 Å². The first-order valence-electron chi connectivity index (χ1n) is 5.07. The predicted molar refractivity (Wildman–Crippen MR) is 73.6 cm³/mol. The van der Waals surface area contributed by atoms with Crippen molar-refractivity contribution in [1.29, 1.82) is 0 Å². The fraction of sp³-hybridized carbons (Fsp3) is 0.364. The second kappa shape index (κ2) is 9.27. The van der Waals surface area contributed by atoms with Gasteiger partial charge < -0.3 is 15.8 Å². The summed E-state index contributed by atoms with van der Waals surface area (Å²) in [6.07, 6.45) is 0.359. The summed E-state index contributed by atoms with van der Waals surface area (Å²) in [5, 5.41) is 2.71. The highest BCUT2D eigenvalue weighted by Gasteiger charge is 1.98. The van der Waals surface area contributed by atoms with Crippen molar-refractivity contribution in [1.82, 2.24) is 5.32 Å². The first kappa shape index (κ1) is 16.2. The summed E-state index contributed by atoms with van der Waals surface area (Å²) in [5.74, 6) is 0.748. The highest BCUT2D eigenvalue weighted by atomic mass is 79.9. The van der Waals surface area contributed by atoms with Crippen molar-refractivity contribution in [3.63, 3.8) is 0 Å². The molecule has 1 rings (SSSR count). The molecule has 0 radical (unpaired) electrons. The normalized spacial score (nSPS) is 9.29. The second-order valence-electron chi connectivity index (χ2n) is 3.19. The molecule has 0 aliphatic heterocycles. The summed E-state index contributed by atoms with van der Waals surface area (Å²) in [7, 11) is 0. The summed E-state index contributed by atoms with van der Waals surface area (Å²) in [6, 6.07) is 7.54. The Labute approximate surface area is 115 Å². The van der Waals surface area contributed by atoms with Gasteiger partial charge in [0.15, 0.2) is 0 Å². The van der Waals surface area contributed by atoms with Crippen LogP contribution in [0.2, 0.25) is 0 Å². The molecule has 3 N–H and O–H groups in total. The largest absolute Gasteiger partial charge is 0.492 e. The monoisotopic (exact) mass is 322 g/mol. The van der Waals surface area contributed by atoms with Crippen molar-refractivity contribution in [2.45, 2.75) is 6.42 Å². The quantitative estimate of drug-likeness (QED) is 0.783. The van der Waals surface area contributed by atoms with Gasteiger partial charge in [0.2, 0.25) is 5.91 Å². The van der Waals surface area contributed by atoms with Gasteiger partial charge in [0.05, 0.1) is 6.54 Å². The molecular weight excluding hydrogens is 307 g/mol. The SMILES string of the molecule is Cl.NCCC(=O)NCCOc1ccc(Br)cc1. The van der Waals surface area contributed by atoms with Crippen molar-refractivity contribution in [3.05, 3.63) is 28.7 Å². The molecule has 0 heterocycles. The number of hydrogen-bond acceptors (Lipinski definition) is 3. The molecule has 1 aromatic rings. The maximum Gasteiger partial charge on any atom is 0.221 e. The maximum atomic E-state index is 11.0. The Balaban J connectivity index is 0.00000256. The lowest BCUT2D eigenvalue weighted by molar-refractivity contribution is -0.120. The number of carbonyl (C=O) groups is 1. The van der Waals surface area contributed by atoms with E-state index in [1.54, 1.807) is 0 Å². The molecular formula is C11H16BrClN2O2. The van der Waals surface area contributed by atoms with Gasteiger partial charge >= 0.3 is 0 Å². The van der Waals surface area contributed by atoms with Gasteiger partial charge in [-0.25, -0.2) is 0 Å². The molecule has 0 saturated carbocycles. The maximum absolute atomic E-state index is 11.0. The van der Waals surface area contributed by atoms with Crippen LogP contribution in [-0.4, -0.2) is 25.6 Å². The number of halogens is 2. The van der Waals surface area contributed by atoms with Crippen LogP contribution in [0.4, 0.5) is 0 Å². The van der Waals surface area contributed by atoms with E-state index in [0.717, 1.165) is 10.2 Å². The third-order valence-corrected chi connectivity index (χ3v) is 2.41. The average Bonchev–Trinajstić information content (AvgIpc) is 2.27. The molecule has 0 atom stereocenters. The Morgan fingerprint density at radius 1 is 1.35 bits per heavy atom. The van der Waals surface area contributed by atoms with Crippen LogP contribution in [0.25, 0.3) is 0 Å². The van der Waals surface area contributed by atoms with Crippen LogP contribution in [-0.2, 0) is 4.79 Å². The number of ether oxygens (including phenoxy) is 1. The molecule has 1 aromatic carbocycles. The van der Waals surface area contributed by atoms with Crippen LogP contribution in [0, 0.1) is 0 Å². The van der Waals surface area contributed by atoms with E-state index in [1.807, 2.05) is 24.3 Å². The van der Waals surface area contributed by atoms with E-state index < -0.39 is 0 Å². The first-order valence-corrected chi connectivity index (χ1v) is 5.87. The van der Waals surface area contributed by atoms with Gasteiger partial charge in [-0.15, -0.1) is 12.4 Å². The summed E-state index contributed by atoms with van der Waals surface area (Å²) < 4.78 is 6.43. The Hall–Kier alpha value is -0.780. The molecule has 0 aliphatic carbocycles. The van der Waals surface area contributed by atoms with Crippen molar-refractivity contribution < 1.29 is 9.53 Å². The van der Waals surface area contributed by atoms with Crippen LogP contribution in [0.5, 0.6) is 5.75 Å². The Kier molecular flexibility index (Phi) is 8.85. The molecule has 0 aromatic heterocycles. The fourth-order valence-corrected chi connectivity index (χ4v) is 1.37. The van der Waals surface area contributed by atoms with Crippen molar-refractivity contribution >= 4 is 34.2 Å². The predicted octanol–water partition coefficient (Wildman–Crippen LogP) is 1.71. The van der Waals surface area contributed by atoms with E-state index >= 15 is 0 Å². The number of nitrogens with one attached hydrogen (secondary N) is 1. The number of amides is 1. The lowest BCUT2D eigenvalue weighted by atomic mass is 10.3. The smallest absolute Gasteiger partial charge is 0.221 e. The van der Waals surface area contributed by atoms with E-state index in [4.69, 9.17) is 10.5 Å². The molecule has 96 valence electrons. The molecule has 1 amide bonds. The van der Waals surface area contributed by atoms with Crippen LogP contribution < -0.4 is 15.8 Å². The van der Waals surface area contributed by atoms with Gasteiger partial charge in [0.1, 0.15) is 12.4 Å². The molecule has 4 nitrogen and oxygen atoms in total. The lowest BCUT2D eigenvalue weighted by Gasteiger charge is -2.07. The topological polar surface area (TPSA) is 64.4 Å². The number of hydrogen-bond donors (Lipinski definition) is 2. The first-order chi connectivity index (χ1) is 7.72. The Morgan fingerprint density at radius 3 is 2.59 bits per heavy atom. The van der Waals surface area contributed by atoms with Gasteiger partial charge in [0, 0.05) is 17.4 Å². The van der Waals surface area contributed by atoms with E-state index in [9.17, 15) is 4.79 Å². The molecule has 0 bridgehead atoms. The zero-order valence-corrected chi connectivity index (χ0v) is 11.7. The minimum atomic E-state index is -0.0399. The zero-order chi connectivity index (χ0) is 11.8. The van der Waals surface area contributed by atoms with Gasteiger partial charge in [-0.2, -0.15) is 0 Å². The molecule has 0 fully saturated rings. The molecule has 0 unspecified atom stereocenters. The minimum absolute atomic E-state index is 0. The summed E-state index contributed by atoms with van der Waals surface area (Å²) in [5.41, 5.74) is 5.24. The zero-order valence-electron chi connectivity index (χ0n) is 9.32. The van der Waals surface area contributed by atoms with Gasteiger partial charge in [0.25, 0.3) is 0 Å².